The van der Waals surface area contributed by atoms with Gasteiger partial charge in [0.05, 0.1) is 18.8 Å². The molecule has 2 N–H and O–H groups in total. The molecule has 0 atom stereocenters. The fraction of sp³-hybridized carbons (Fsp3) is 0.562. The Bertz CT molecular complexity index is 548. The highest BCUT2D eigenvalue weighted by Crippen LogP contribution is 2.08. The fourth-order valence-corrected chi connectivity index (χ4v) is 2.50. The summed E-state index contributed by atoms with van der Waals surface area (Å²) in [5.41, 5.74) is 0.745. The number of methoxy groups -OCH3 is 1. The Hall–Kier alpha value is -1.74. The van der Waals surface area contributed by atoms with E-state index in [1.165, 1.54) is 6.20 Å². The molecule has 0 aliphatic carbocycles. The van der Waals surface area contributed by atoms with Gasteiger partial charge in [-0.15, -0.1) is 12.4 Å². The van der Waals surface area contributed by atoms with Crippen molar-refractivity contribution in [1.29, 1.82) is 0 Å². The van der Waals surface area contributed by atoms with E-state index in [1.807, 2.05) is 0 Å². The molecule has 1 aliphatic heterocycles. The van der Waals surface area contributed by atoms with Crippen molar-refractivity contribution in [2.24, 2.45) is 0 Å². The molecule has 25 heavy (non-hydrogen) atoms. The predicted molar refractivity (Wildman–Crippen MR) is 95.1 cm³/mol. The zero-order valence-electron chi connectivity index (χ0n) is 14.3. The molecule has 8 nitrogen and oxygen atoms in total. The van der Waals surface area contributed by atoms with Crippen LogP contribution in [0.1, 0.15) is 20.8 Å². The van der Waals surface area contributed by atoms with Crippen LogP contribution in [0.15, 0.2) is 18.3 Å². The molecule has 2 amide bonds. The molecule has 140 valence electrons. The quantitative estimate of drug-likeness (QED) is 0.634. The summed E-state index contributed by atoms with van der Waals surface area (Å²) in [4.78, 5) is 32.3. The van der Waals surface area contributed by atoms with Crippen LogP contribution in [0.2, 0.25) is 0 Å². The zero-order valence-corrected chi connectivity index (χ0v) is 15.1. The first-order valence-corrected chi connectivity index (χ1v) is 8.01. The largest absolute Gasteiger partial charge is 0.395 e. The highest BCUT2D eigenvalue weighted by atomic mass is 35.5. The van der Waals surface area contributed by atoms with E-state index in [9.17, 15) is 9.59 Å². The van der Waals surface area contributed by atoms with Crippen LogP contribution in [-0.2, 0) is 4.74 Å². The number of aliphatic hydroxyl groups is 1. The molecule has 2 rings (SSSR count). The van der Waals surface area contributed by atoms with Gasteiger partial charge in [0.1, 0.15) is 5.69 Å². The molecule has 0 aromatic carbocycles. The van der Waals surface area contributed by atoms with Crippen molar-refractivity contribution in [2.45, 2.75) is 0 Å². The number of halogens is 1. The molecule has 1 aromatic rings. The molecule has 0 radical (unpaired) electrons. The zero-order chi connectivity index (χ0) is 17.4. The normalized spacial score (nSPS) is 14.7. The Kier molecular flexibility index (Phi) is 9.36. The number of nitrogens with one attached hydrogen (secondary N) is 1. The number of piperazine rings is 1. The van der Waals surface area contributed by atoms with Crippen molar-refractivity contribution in [1.82, 2.24) is 20.1 Å². The average molecular weight is 373 g/mol. The van der Waals surface area contributed by atoms with Gasteiger partial charge >= 0.3 is 0 Å². The summed E-state index contributed by atoms with van der Waals surface area (Å²) in [7, 11) is 1.57. The third-order valence-corrected chi connectivity index (χ3v) is 3.91. The van der Waals surface area contributed by atoms with Crippen molar-refractivity contribution in [2.75, 3.05) is 59.6 Å². The number of pyridine rings is 1. The van der Waals surface area contributed by atoms with Crippen molar-refractivity contribution < 1.29 is 19.4 Å². The smallest absolute Gasteiger partial charge is 0.272 e. The van der Waals surface area contributed by atoms with E-state index in [2.05, 4.69) is 15.2 Å². The summed E-state index contributed by atoms with van der Waals surface area (Å²) >= 11 is 0. The van der Waals surface area contributed by atoms with Crippen LogP contribution in [0.3, 0.4) is 0 Å². The second kappa shape index (κ2) is 11.0. The van der Waals surface area contributed by atoms with Crippen LogP contribution in [0.25, 0.3) is 0 Å². The minimum atomic E-state index is -0.240. The van der Waals surface area contributed by atoms with E-state index in [1.54, 1.807) is 24.1 Å². The standard InChI is InChI=1S/C16H24N4O4.ClH/c1-24-11-4-17-15(22)13-2-3-14(18-12-13)16(23)20-7-5-19(6-8-20)9-10-21;/h2-3,12,21H,4-11H2,1H3,(H,17,22);1H. The molecule has 0 spiro atoms. The number of hydrogen-bond donors (Lipinski definition) is 2. The van der Waals surface area contributed by atoms with E-state index >= 15 is 0 Å². The number of ether oxygens (including phenoxy) is 1. The SMILES string of the molecule is COCCNC(=O)c1ccc(C(=O)N2CCN(CCO)CC2)nc1.Cl. The molecule has 2 heterocycles. The van der Waals surface area contributed by atoms with Crippen LogP contribution >= 0.6 is 12.4 Å². The van der Waals surface area contributed by atoms with Gasteiger partial charge in [-0.25, -0.2) is 0 Å². The third kappa shape index (κ3) is 6.24. The highest BCUT2D eigenvalue weighted by molar-refractivity contribution is 5.96. The topological polar surface area (TPSA) is 95.0 Å². The lowest BCUT2D eigenvalue weighted by Gasteiger charge is -2.34. The number of rotatable bonds is 7. The van der Waals surface area contributed by atoms with E-state index in [0.29, 0.717) is 44.0 Å². The number of aromatic nitrogens is 1. The van der Waals surface area contributed by atoms with Crippen LogP contribution < -0.4 is 5.32 Å². The summed E-state index contributed by atoms with van der Waals surface area (Å²) in [5, 5.41) is 11.6. The van der Waals surface area contributed by atoms with Crippen LogP contribution in [0.4, 0.5) is 0 Å². The average Bonchev–Trinajstić information content (AvgIpc) is 2.62. The van der Waals surface area contributed by atoms with Gasteiger partial charge in [0, 0.05) is 52.6 Å². The predicted octanol–water partition coefficient (Wildman–Crippen LogP) is -0.370. The molecule has 0 unspecified atom stereocenters. The van der Waals surface area contributed by atoms with E-state index in [0.717, 1.165) is 13.1 Å². The molecule has 1 aliphatic rings. The number of hydrogen-bond acceptors (Lipinski definition) is 6. The number of aliphatic hydroxyl groups excluding tert-OH is 1. The third-order valence-electron chi connectivity index (χ3n) is 3.91. The minimum absolute atomic E-state index is 0. The van der Waals surface area contributed by atoms with Crippen molar-refractivity contribution in [3.8, 4) is 0 Å². The lowest BCUT2D eigenvalue weighted by atomic mass is 10.2. The van der Waals surface area contributed by atoms with Gasteiger partial charge in [-0.05, 0) is 12.1 Å². The Labute approximate surface area is 153 Å². The molecule has 9 heteroatoms. The fourth-order valence-electron chi connectivity index (χ4n) is 2.50. The van der Waals surface area contributed by atoms with Gasteiger partial charge in [0.2, 0.25) is 0 Å². The first kappa shape index (κ1) is 21.3. The van der Waals surface area contributed by atoms with E-state index < -0.39 is 0 Å². The summed E-state index contributed by atoms with van der Waals surface area (Å²) in [6, 6.07) is 3.18. The number of carbonyl (C=O) groups excluding carboxylic acids is 2. The summed E-state index contributed by atoms with van der Waals surface area (Å²) in [6.45, 7) is 4.33. The van der Waals surface area contributed by atoms with Crippen LogP contribution in [0.5, 0.6) is 0 Å². The number of carbonyl (C=O) groups is 2. The maximum Gasteiger partial charge on any atom is 0.272 e. The second-order valence-corrected chi connectivity index (χ2v) is 5.54. The van der Waals surface area contributed by atoms with Crippen LogP contribution in [0, 0.1) is 0 Å². The maximum absolute atomic E-state index is 12.4. The van der Waals surface area contributed by atoms with Gasteiger partial charge in [-0.3, -0.25) is 19.5 Å². The molecule has 0 bridgehead atoms. The number of amides is 2. The summed E-state index contributed by atoms with van der Waals surface area (Å²) in [5.74, 6) is -0.374. The second-order valence-electron chi connectivity index (χ2n) is 5.54. The Morgan fingerprint density at radius 1 is 1.28 bits per heavy atom. The first-order valence-electron chi connectivity index (χ1n) is 8.01. The lowest BCUT2D eigenvalue weighted by molar-refractivity contribution is 0.0609. The Morgan fingerprint density at radius 3 is 2.56 bits per heavy atom. The van der Waals surface area contributed by atoms with Crippen molar-refractivity contribution in [3.05, 3.63) is 29.6 Å². The molecule has 1 saturated heterocycles. The molecular weight excluding hydrogens is 348 g/mol. The number of nitrogens with zero attached hydrogens (tertiary/aromatic N) is 3. The lowest BCUT2D eigenvalue weighted by Crippen LogP contribution is -2.49. The number of β-amino-alcohol motifs (C(OH)–C–C–N with tert-alkyl or cyclic N) is 1. The van der Waals surface area contributed by atoms with E-state index in [4.69, 9.17) is 9.84 Å². The van der Waals surface area contributed by atoms with Crippen LogP contribution in [-0.4, -0.2) is 91.3 Å². The van der Waals surface area contributed by atoms with Crippen molar-refractivity contribution >= 4 is 24.2 Å². The molecule has 1 aromatic heterocycles. The highest BCUT2D eigenvalue weighted by Gasteiger charge is 2.22. The summed E-state index contributed by atoms with van der Waals surface area (Å²) < 4.78 is 4.87. The van der Waals surface area contributed by atoms with Gasteiger partial charge in [-0.1, -0.05) is 0 Å². The Balaban J connectivity index is 0.00000312. The first-order chi connectivity index (χ1) is 11.7. The van der Waals surface area contributed by atoms with Gasteiger partial charge < -0.3 is 20.1 Å². The monoisotopic (exact) mass is 372 g/mol. The molecule has 0 saturated carbocycles. The van der Waals surface area contributed by atoms with Gasteiger partial charge in [0.25, 0.3) is 11.8 Å². The summed E-state index contributed by atoms with van der Waals surface area (Å²) in [6.07, 6.45) is 1.41. The molecular formula is C16H25ClN4O4. The molecule has 1 fully saturated rings. The Morgan fingerprint density at radius 2 is 2.00 bits per heavy atom. The van der Waals surface area contributed by atoms with Gasteiger partial charge in [-0.2, -0.15) is 0 Å². The van der Waals surface area contributed by atoms with E-state index in [-0.39, 0.29) is 30.8 Å². The van der Waals surface area contributed by atoms with Gasteiger partial charge in [0.15, 0.2) is 0 Å². The minimum Gasteiger partial charge on any atom is -0.395 e. The van der Waals surface area contributed by atoms with Crippen molar-refractivity contribution in [3.63, 3.8) is 0 Å². The maximum atomic E-state index is 12.4.